The van der Waals surface area contributed by atoms with Crippen molar-refractivity contribution in [3.8, 4) is 11.5 Å². The van der Waals surface area contributed by atoms with Crippen LogP contribution in [-0.4, -0.2) is 13.2 Å². The van der Waals surface area contributed by atoms with E-state index in [1.54, 1.807) is 6.07 Å². The van der Waals surface area contributed by atoms with E-state index in [2.05, 4.69) is 45.9 Å². The lowest BCUT2D eigenvalue weighted by atomic mass is 9.86. The SMILES string of the molecule is Cc1ccc(C(C)(C)C)c(OCCOc2ccc(Cl)cc2CN)c1. The van der Waals surface area contributed by atoms with Crippen LogP contribution in [0.25, 0.3) is 0 Å². The van der Waals surface area contributed by atoms with Crippen molar-refractivity contribution >= 4 is 11.6 Å². The molecule has 0 radical (unpaired) electrons. The first-order chi connectivity index (χ1) is 11.3. The third kappa shape index (κ3) is 4.89. The minimum absolute atomic E-state index is 0.0345. The Morgan fingerprint density at radius 3 is 2.25 bits per heavy atom. The predicted molar refractivity (Wildman–Crippen MR) is 100 cm³/mol. The van der Waals surface area contributed by atoms with Crippen LogP contribution in [0.1, 0.15) is 37.5 Å². The van der Waals surface area contributed by atoms with E-state index in [4.69, 9.17) is 26.8 Å². The summed E-state index contributed by atoms with van der Waals surface area (Å²) in [5.41, 5.74) is 9.04. The van der Waals surface area contributed by atoms with Crippen molar-refractivity contribution in [1.82, 2.24) is 0 Å². The van der Waals surface area contributed by atoms with Crippen molar-refractivity contribution in [2.75, 3.05) is 13.2 Å². The Hall–Kier alpha value is -1.71. The van der Waals surface area contributed by atoms with Crippen molar-refractivity contribution in [2.45, 2.75) is 39.7 Å². The highest BCUT2D eigenvalue weighted by atomic mass is 35.5. The van der Waals surface area contributed by atoms with Crippen molar-refractivity contribution < 1.29 is 9.47 Å². The quantitative estimate of drug-likeness (QED) is 0.759. The highest BCUT2D eigenvalue weighted by Crippen LogP contribution is 2.32. The minimum atomic E-state index is 0.0345. The van der Waals surface area contributed by atoms with Crippen LogP contribution >= 0.6 is 11.6 Å². The van der Waals surface area contributed by atoms with E-state index in [0.29, 0.717) is 24.8 Å². The number of ether oxygens (including phenoxy) is 2. The van der Waals surface area contributed by atoms with Gasteiger partial charge in [-0.05, 0) is 47.7 Å². The summed E-state index contributed by atoms with van der Waals surface area (Å²) < 4.78 is 11.8. The summed E-state index contributed by atoms with van der Waals surface area (Å²) in [6.45, 7) is 9.93. The van der Waals surface area contributed by atoms with E-state index in [1.165, 1.54) is 11.1 Å². The first kappa shape index (κ1) is 18.6. The van der Waals surface area contributed by atoms with Gasteiger partial charge in [-0.2, -0.15) is 0 Å². The first-order valence-electron chi connectivity index (χ1n) is 8.16. The van der Waals surface area contributed by atoms with Gasteiger partial charge in [-0.15, -0.1) is 0 Å². The minimum Gasteiger partial charge on any atom is -0.490 e. The molecule has 0 atom stereocenters. The normalized spacial score (nSPS) is 11.4. The number of halogens is 1. The molecule has 0 saturated heterocycles. The molecule has 0 amide bonds. The highest BCUT2D eigenvalue weighted by molar-refractivity contribution is 6.30. The second-order valence-electron chi connectivity index (χ2n) is 6.90. The maximum Gasteiger partial charge on any atom is 0.124 e. The third-order valence-electron chi connectivity index (χ3n) is 3.79. The summed E-state index contributed by atoms with van der Waals surface area (Å²) in [5.74, 6) is 1.67. The van der Waals surface area contributed by atoms with E-state index in [9.17, 15) is 0 Å². The molecule has 0 spiro atoms. The zero-order valence-corrected chi connectivity index (χ0v) is 15.6. The summed E-state index contributed by atoms with van der Waals surface area (Å²) in [6.07, 6.45) is 0. The van der Waals surface area contributed by atoms with Crippen LogP contribution in [0.3, 0.4) is 0 Å². The number of rotatable bonds is 6. The maximum absolute atomic E-state index is 5.98. The lowest BCUT2D eigenvalue weighted by Crippen LogP contribution is -2.16. The molecule has 2 aromatic carbocycles. The molecule has 3 nitrogen and oxygen atoms in total. The summed E-state index contributed by atoms with van der Waals surface area (Å²) >= 11 is 5.98. The van der Waals surface area contributed by atoms with Crippen LogP contribution in [0.15, 0.2) is 36.4 Å². The van der Waals surface area contributed by atoms with Crippen LogP contribution in [0, 0.1) is 6.92 Å². The molecule has 24 heavy (non-hydrogen) atoms. The van der Waals surface area contributed by atoms with E-state index >= 15 is 0 Å². The fourth-order valence-corrected chi connectivity index (χ4v) is 2.71. The molecule has 2 aromatic rings. The average Bonchev–Trinajstić information content (AvgIpc) is 2.51. The van der Waals surface area contributed by atoms with Gasteiger partial charge in [0.05, 0.1) is 0 Å². The lowest BCUT2D eigenvalue weighted by Gasteiger charge is -2.23. The molecular formula is C20H26ClNO2. The second kappa shape index (κ2) is 7.91. The molecular weight excluding hydrogens is 322 g/mol. The molecule has 130 valence electrons. The topological polar surface area (TPSA) is 44.5 Å². The van der Waals surface area contributed by atoms with Gasteiger partial charge in [0.2, 0.25) is 0 Å². The number of hydrogen-bond donors (Lipinski definition) is 1. The van der Waals surface area contributed by atoms with E-state index < -0.39 is 0 Å². The molecule has 0 unspecified atom stereocenters. The molecule has 0 fully saturated rings. The summed E-state index contributed by atoms with van der Waals surface area (Å²) in [6, 6.07) is 11.8. The van der Waals surface area contributed by atoms with Gasteiger partial charge in [-0.1, -0.05) is 44.5 Å². The molecule has 0 bridgehead atoms. The van der Waals surface area contributed by atoms with Gasteiger partial charge in [0.1, 0.15) is 24.7 Å². The Morgan fingerprint density at radius 1 is 0.958 bits per heavy atom. The molecule has 2 rings (SSSR count). The summed E-state index contributed by atoms with van der Waals surface area (Å²) in [7, 11) is 0. The molecule has 0 aliphatic rings. The molecule has 0 aliphatic carbocycles. The van der Waals surface area contributed by atoms with Gasteiger partial charge >= 0.3 is 0 Å². The number of benzene rings is 2. The lowest BCUT2D eigenvalue weighted by molar-refractivity contribution is 0.213. The Bertz CT molecular complexity index is 693. The van der Waals surface area contributed by atoms with Gasteiger partial charge in [-0.25, -0.2) is 0 Å². The number of hydrogen-bond acceptors (Lipinski definition) is 3. The second-order valence-corrected chi connectivity index (χ2v) is 7.34. The van der Waals surface area contributed by atoms with Crippen molar-refractivity contribution in [3.05, 3.63) is 58.1 Å². The Labute approximate surface area is 149 Å². The maximum atomic E-state index is 5.98. The highest BCUT2D eigenvalue weighted by Gasteiger charge is 2.19. The number of nitrogens with two attached hydrogens (primary N) is 1. The largest absolute Gasteiger partial charge is 0.490 e. The van der Waals surface area contributed by atoms with E-state index in [1.807, 2.05) is 12.1 Å². The molecule has 2 N–H and O–H groups in total. The number of aryl methyl sites for hydroxylation is 1. The van der Waals surface area contributed by atoms with E-state index in [-0.39, 0.29) is 5.41 Å². The average molecular weight is 348 g/mol. The van der Waals surface area contributed by atoms with Crippen LogP contribution in [0.5, 0.6) is 11.5 Å². The summed E-state index contributed by atoms with van der Waals surface area (Å²) in [4.78, 5) is 0. The van der Waals surface area contributed by atoms with Gasteiger partial charge < -0.3 is 15.2 Å². The van der Waals surface area contributed by atoms with Crippen LogP contribution < -0.4 is 15.2 Å². The first-order valence-corrected chi connectivity index (χ1v) is 8.54. The van der Waals surface area contributed by atoms with Crippen LogP contribution in [0.2, 0.25) is 5.02 Å². The van der Waals surface area contributed by atoms with Crippen molar-refractivity contribution in [3.63, 3.8) is 0 Å². The Kier molecular flexibility index (Phi) is 6.14. The third-order valence-corrected chi connectivity index (χ3v) is 4.02. The Morgan fingerprint density at radius 2 is 1.62 bits per heavy atom. The zero-order chi connectivity index (χ0) is 17.7. The molecule has 0 heterocycles. The van der Waals surface area contributed by atoms with Crippen molar-refractivity contribution in [2.24, 2.45) is 5.73 Å². The van der Waals surface area contributed by atoms with Gasteiger partial charge in [0, 0.05) is 17.1 Å². The zero-order valence-electron chi connectivity index (χ0n) is 14.9. The smallest absolute Gasteiger partial charge is 0.124 e. The van der Waals surface area contributed by atoms with Gasteiger partial charge in [-0.3, -0.25) is 0 Å². The molecule has 0 saturated carbocycles. The van der Waals surface area contributed by atoms with Crippen LogP contribution in [-0.2, 0) is 12.0 Å². The molecule has 0 aliphatic heterocycles. The van der Waals surface area contributed by atoms with E-state index in [0.717, 1.165) is 17.1 Å². The van der Waals surface area contributed by atoms with Gasteiger partial charge in [0.25, 0.3) is 0 Å². The van der Waals surface area contributed by atoms with Crippen molar-refractivity contribution in [1.29, 1.82) is 0 Å². The standard InChI is InChI=1S/C20H26ClNO2/c1-14-5-7-17(20(2,3)4)19(11-14)24-10-9-23-18-8-6-16(21)12-15(18)13-22/h5-8,11-12H,9-10,13,22H2,1-4H3. The fourth-order valence-electron chi connectivity index (χ4n) is 2.52. The monoisotopic (exact) mass is 347 g/mol. The molecule has 4 heteroatoms. The predicted octanol–water partition coefficient (Wildman–Crippen LogP) is 4.86. The van der Waals surface area contributed by atoms with Gasteiger partial charge in [0.15, 0.2) is 0 Å². The fraction of sp³-hybridized carbons (Fsp3) is 0.400. The Balaban J connectivity index is 1.99. The summed E-state index contributed by atoms with van der Waals surface area (Å²) in [5, 5.41) is 0.661. The molecule has 0 aromatic heterocycles. The van der Waals surface area contributed by atoms with Crippen LogP contribution in [0.4, 0.5) is 0 Å².